The van der Waals surface area contributed by atoms with Gasteiger partial charge in [0.25, 0.3) is 11.8 Å². The molecule has 0 fully saturated rings. The predicted octanol–water partition coefficient (Wildman–Crippen LogP) is 2.81. The quantitative estimate of drug-likeness (QED) is 0.481. The second-order valence-corrected chi connectivity index (χ2v) is 5.34. The van der Waals surface area contributed by atoms with Gasteiger partial charge in [-0.25, -0.2) is 4.39 Å². The summed E-state index contributed by atoms with van der Waals surface area (Å²) < 4.78 is 18.0. The number of ether oxygens (including phenoxy) is 1. The number of rotatable bonds is 5. The summed E-state index contributed by atoms with van der Waals surface area (Å²) in [6.07, 6.45) is 0.295. The fourth-order valence-electron chi connectivity index (χ4n) is 2.54. The Morgan fingerprint density at radius 1 is 1.00 bits per heavy atom. The van der Waals surface area contributed by atoms with Gasteiger partial charge in [-0.1, -0.05) is 18.2 Å². The summed E-state index contributed by atoms with van der Waals surface area (Å²) in [6.45, 7) is 0.130. The smallest absolute Gasteiger partial charge is 0.311 e. The van der Waals surface area contributed by atoms with Gasteiger partial charge in [-0.05, 0) is 30.7 Å². The molecule has 122 valence electrons. The van der Waals surface area contributed by atoms with Crippen LogP contribution in [0.15, 0.2) is 48.5 Å². The van der Waals surface area contributed by atoms with Crippen molar-refractivity contribution in [3.05, 3.63) is 65.5 Å². The maximum Gasteiger partial charge on any atom is 0.311 e. The highest BCUT2D eigenvalue weighted by Gasteiger charge is 2.34. The van der Waals surface area contributed by atoms with Crippen molar-refractivity contribution in [2.75, 3.05) is 6.54 Å². The van der Waals surface area contributed by atoms with Gasteiger partial charge in [0.2, 0.25) is 0 Å². The summed E-state index contributed by atoms with van der Waals surface area (Å²) in [5.74, 6) is -1.62. The summed E-state index contributed by atoms with van der Waals surface area (Å²) in [7, 11) is 0. The maximum atomic E-state index is 13.0. The topological polar surface area (TPSA) is 63.7 Å². The van der Waals surface area contributed by atoms with Crippen molar-refractivity contribution >= 4 is 17.8 Å². The first-order valence-electron chi connectivity index (χ1n) is 7.48. The Morgan fingerprint density at radius 2 is 1.67 bits per heavy atom. The number of carbonyl (C=O) groups excluding carboxylic acids is 3. The number of benzene rings is 2. The van der Waals surface area contributed by atoms with E-state index in [1.54, 1.807) is 24.3 Å². The van der Waals surface area contributed by atoms with Crippen molar-refractivity contribution in [2.45, 2.75) is 12.8 Å². The van der Waals surface area contributed by atoms with Gasteiger partial charge >= 0.3 is 5.97 Å². The van der Waals surface area contributed by atoms with Crippen LogP contribution in [-0.4, -0.2) is 29.2 Å². The molecule has 0 saturated heterocycles. The number of nitrogens with zero attached hydrogens (tertiary/aromatic N) is 1. The van der Waals surface area contributed by atoms with Gasteiger partial charge in [-0.2, -0.15) is 0 Å². The predicted molar refractivity (Wildman–Crippen MR) is 83.1 cm³/mol. The van der Waals surface area contributed by atoms with Gasteiger partial charge in [-0.3, -0.25) is 19.3 Å². The highest BCUT2D eigenvalue weighted by Crippen LogP contribution is 2.22. The fourth-order valence-corrected chi connectivity index (χ4v) is 2.54. The number of hydrogen-bond donors (Lipinski definition) is 0. The highest BCUT2D eigenvalue weighted by atomic mass is 19.1. The first-order valence-corrected chi connectivity index (χ1v) is 7.48. The minimum absolute atomic E-state index is 0.0178. The molecule has 0 saturated carbocycles. The van der Waals surface area contributed by atoms with Gasteiger partial charge in [0, 0.05) is 19.0 Å². The summed E-state index contributed by atoms with van der Waals surface area (Å²) >= 11 is 0. The number of esters is 1. The molecular formula is C18H14FNO4. The van der Waals surface area contributed by atoms with Gasteiger partial charge in [-0.15, -0.1) is 0 Å². The third-order valence-electron chi connectivity index (χ3n) is 3.67. The van der Waals surface area contributed by atoms with Gasteiger partial charge in [0.05, 0.1) is 11.1 Å². The maximum absolute atomic E-state index is 13.0. The molecule has 0 spiro atoms. The molecule has 6 heteroatoms. The lowest BCUT2D eigenvalue weighted by Gasteiger charge is -2.13. The van der Waals surface area contributed by atoms with Crippen molar-refractivity contribution in [2.24, 2.45) is 0 Å². The number of hydrogen-bond acceptors (Lipinski definition) is 4. The van der Waals surface area contributed by atoms with E-state index < -0.39 is 11.8 Å². The third-order valence-corrected chi connectivity index (χ3v) is 3.67. The molecule has 3 rings (SSSR count). The fraction of sp³-hybridized carbons (Fsp3) is 0.167. The Balaban J connectivity index is 1.53. The summed E-state index contributed by atoms with van der Waals surface area (Å²) in [5.41, 5.74) is 0.759. The molecule has 0 bridgehead atoms. The highest BCUT2D eigenvalue weighted by molar-refractivity contribution is 6.21. The molecule has 24 heavy (non-hydrogen) atoms. The van der Waals surface area contributed by atoms with Crippen LogP contribution in [-0.2, 0) is 4.79 Å². The lowest BCUT2D eigenvalue weighted by molar-refractivity contribution is -0.134. The van der Waals surface area contributed by atoms with Crippen molar-refractivity contribution < 1.29 is 23.5 Å². The molecule has 1 aliphatic rings. The van der Waals surface area contributed by atoms with Crippen molar-refractivity contribution in [1.29, 1.82) is 0 Å². The van der Waals surface area contributed by atoms with E-state index in [2.05, 4.69) is 0 Å². The van der Waals surface area contributed by atoms with Crippen LogP contribution >= 0.6 is 0 Å². The van der Waals surface area contributed by atoms with E-state index in [0.717, 1.165) is 11.0 Å². The van der Waals surface area contributed by atoms with E-state index in [1.807, 2.05) is 0 Å². The third kappa shape index (κ3) is 3.17. The molecule has 0 aromatic heterocycles. The van der Waals surface area contributed by atoms with E-state index >= 15 is 0 Å². The molecule has 0 N–H and O–H groups in total. The van der Waals surface area contributed by atoms with Crippen LogP contribution in [0.5, 0.6) is 5.75 Å². The number of amides is 2. The molecule has 1 heterocycles. The zero-order valence-corrected chi connectivity index (χ0v) is 12.7. The average Bonchev–Trinajstić information content (AvgIpc) is 2.80. The molecule has 0 atom stereocenters. The van der Waals surface area contributed by atoms with Crippen LogP contribution in [0.25, 0.3) is 0 Å². The zero-order valence-electron chi connectivity index (χ0n) is 12.7. The molecule has 5 nitrogen and oxygen atoms in total. The van der Waals surface area contributed by atoms with E-state index in [4.69, 9.17) is 4.74 Å². The Bertz CT molecular complexity index is 783. The van der Waals surface area contributed by atoms with E-state index in [-0.39, 0.29) is 37.0 Å². The molecule has 2 aromatic carbocycles. The van der Waals surface area contributed by atoms with Gasteiger partial charge in [0.1, 0.15) is 11.6 Å². The van der Waals surface area contributed by atoms with Crippen LogP contribution < -0.4 is 4.74 Å². The summed E-state index contributed by atoms with van der Waals surface area (Å²) in [5, 5.41) is 0. The standard InChI is InChI=1S/C18H14FNO4/c19-12-5-3-6-13(11-12)24-16(21)9-4-10-20-17(22)14-7-1-2-8-15(14)18(20)23/h1-3,5-8,11H,4,9-10H2. The molecule has 0 unspecified atom stereocenters. The molecule has 1 aliphatic heterocycles. The van der Waals surface area contributed by atoms with Crippen LogP contribution in [0, 0.1) is 5.82 Å². The van der Waals surface area contributed by atoms with Gasteiger partial charge < -0.3 is 4.74 Å². The Kier molecular flexibility index (Phi) is 4.37. The van der Waals surface area contributed by atoms with Crippen molar-refractivity contribution in [3.8, 4) is 5.75 Å². The lowest BCUT2D eigenvalue weighted by atomic mass is 10.1. The van der Waals surface area contributed by atoms with Gasteiger partial charge in [0.15, 0.2) is 0 Å². The molecular weight excluding hydrogens is 313 g/mol. The number of carbonyl (C=O) groups is 3. The second-order valence-electron chi connectivity index (χ2n) is 5.34. The summed E-state index contributed by atoms with van der Waals surface area (Å²) in [4.78, 5) is 37.2. The average molecular weight is 327 g/mol. The first-order chi connectivity index (χ1) is 11.6. The molecule has 0 radical (unpaired) electrons. The van der Waals surface area contributed by atoms with E-state index in [9.17, 15) is 18.8 Å². The minimum Gasteiger partial charge on any atom is -0.426 e. The largest absolute Gasteiger partial charge is 0.426 e. The van der Waals surface area contributed by atoms with Crippen LogP contribution in [0.3, 0.4) is 0 Å². The van der Waals surface area contributed by atoms with Crippen LogP contribution in [0.2, 0.25) is 0 Å². The molecule has 2 aromatic rings. The minimum atomic E-state index is -0.544. The van der Waals surface area contributed by atoms with Crippen molar-refractivity contribution in [3.63, 3.8) is 0 Å². The Morgan fingerprint density at radius 3 is 2.29 bits per heavy atom. The van der Waals surface area contributed by atoms with E-state index in [0.29, 0.717) is 11.1 Å². The summed E-state index contributed by atoms with van der Waals surface area (Å²) in [6, 6.07) is 11.9. The second kappa shape index (κ2) is 6.62. The normalized spacial score (nSPS) is 13.1. The van der Waals surface area contributed by atoms with E-state index in [1.165, 1.54) is 18.2 Å². The Hall–Kier alpha value is -3.02. The zero-order chi connectivity index (χ0) is 17.1. The van der Waals surface area contributed by atoms with Crippen LogP contribution in [0.1, 0.15) is 33.6 Å². The SMILES string of the molecule is O=C(CCCN1C(=O)c2ccccc2C1=O)Oc1cccc(F)c1. The molecule has 0 aliphatic carbocycles. The van der Waals surface area contributed by atoms with Crippen molar-refractivity contribution in [1.82, 2.24) is 4.90 Å². The Labute approximate surface area is 137 Å². The monoisotopic (exact) mass is 327 g/mol. The first kappa shape index (κ1) is 15.9. The lowest BCUT2D eigenvalue weighted by Crippen LogP contribution is -2.31. The number of imide groups is 1. The number of halogens is 1. The number of fused-ring (bicyclic) bond motifs is 1. The van der Waals surface area contributed by atoms with Crippen LogP contribution in [0.4, 0.5) is 4.39 Å². The molecule has 2 amide bonds.